The maximum atomic E-state index is 13.4. The van der Waals surface area contributed by atoms with Crippen molar-refractivity contribution in [3.8, 4) is 0 Å². The molecule has 5 fully saturated rings. The van der Waals surface area contributed by atoms with Crippen molar-refractivity contribution in [2.45, 2.75) is 169 Å². The third kappa shape index (κ3) is 10.5. The lowest BCUT2D eigenvalue weighted by atomic mass is 9.84. The van der Waals surface area contributed by atoms with E-state index in [2.05, 4.69) is 5.32 Å². The maximum absolute atomic E-state index is 13.4. The van der Waals surface area contributed by atoms with Crippen LogP contribution in [0.15, 0.2) is 0 Å². The molecule has 8 N–H and O–H groups in total. The number of carbonyl (C=O) groups excluding carboxylic acids is 1. The molecular weight excluding hydrogens is 718 g/mol. The summed E-state index contributed by atoms with van der Waals surface area (Å²) in [6, 6.07) is 0. The Bertz CT molecular complexity index is 1180. The monoisotopic (exact) mass is 779 g/mol. The van der Waals surface area contributed by atoms with E-state index in [9.17, 15) is 45.3 Å². The normalized spacial score (nSPS) is 43.0. The highest BCUT2D eigenvalue weighted by atomic mass is 16.7. The second-order valence-electron chi connectivity index (χ2n) is 15.3. The SMILES string of the molecule is COC1CCC(C(=O)NCC2OCCC(OC3OC(CO)C(O)C(OC(CC4CCCCC4)C(=O)O)C3O)C2OC2OC(C)C(O)C(O)C2O)CC1OC. The van der Waals surface area contributed by atoms with E-state index in [1.807, 2.05) is 0 Å². The second-order valence-corrected chi connectivity index (χ2v) is 15.3. The molecule has 0 bridgehead atoms. The minimum absolute atomic E-state index is 0.0754. The Morgan fingerprint density at radius 1 is 0.759 bits per heavy atom. The van der Waals surface area contributed by atoms with Crippen molar-refractivity contribution in [3.05, 3.63) is 0 Å². The summed E-state index contributed by atoms with van der Waals surface area (Å²) in [5, 5.41) is 77.2. The molecule has 0 spiro atoms. The maximum Gasteiger partial charge on any atom is 0.332 e. The fourth-order valence-corrected chi connectivity index (χ4v) is 8.44. The van der Waals surface area contributed by atoms with E-state index in [-0.39, 0.29) is 55.9 Å². The highest BCUT2D eigenvalue weighted by Crippen LogP contribution is 2.34. The molecule has 18 heteroatoms. The average molecular weight is 780 g/mol. The largest absolute Gasteiger partial charge is 0.479 e. The molecule has 17 atom stereocenters. The van der Waals surface area contributed by atoms with Crippen LogP contribution in [0.2, 0.25) is 0 Å². The van der Waals surface area contributed by atoms with E-state index in [0.717, 1.165) is 32.1 Å². The molecule has 1 amide bonds. The molecule has 0 aromatic heterocycles. The van der Waals surface area contributed by atoms with Gasteiger partial charge in [-0.05, 0) is 44.9 Å². The van der Waals surface area contributed by atoms with Crippen LogP contribution >= 0.6 is 0 Å². The van der Waals surface area contributed by atoms with Gasteiger partial charge in [-0.2, -0.15) is 0 Å². The number of hydrogen-bond donors (Lipinski definition) is 8. The summed E-state index contributed by atoms with van der Waals surface area (Å²) in [5.41, 5.74) is 0. The number of hydrogen-bond acceptors (Lipinski definition) is 16. The molecule has 3 aliphatic heterocycles. The Hall–Kier alpha value is -1.62. The molecule has 54 heavy (non-hydrogen) atoms. The van der Waals surface area contributed by atoms with Gasteiger partial charge in [0.2, 0.25) is 5.91 Å². The lowest BCUT2D eigenvalue weighted by Gasteiger charge is -2.47. The molecule has 0 radical (unpaired) electrons. The number of carboxylic acids is 1. The first-order valence-corrected chi connectivity index (χ1v) is 19.3. The first-order valence-electron chi connectivity index (χ1n) is 19.3. The van der Waals surface area contributed by atoms with E-state index < -0.39 is 98.4 Å². The zero-order chi connectivity index (χ0) is 39.1. The fraction of sp³-hybridized carbons (Fsp3) is 0.944. The van der Waals surface area contributed by atoms with Crippen LogP contribution in [-0.4, -0.2) is 180 Å². The van der Waals surface area contributed by atoms with E-state index in [4.69, 9.17) is 37.9 Å². The first kappa shape index (κ1) is 43.5. The van der Waals surface area contributed by atoms with E-state index in [1.165, 1.54) is 6.92 Å². The van der Waals surface area contributed by atoms with E-state index >= 15 is 0 Å². The molecule has 0 aromatic carbocycles. The number of aliphatic hydroxyl groups is 6. The number of methoxy groups -OCH3 is 2. The van der Waals surface area contributed by atoms with Crippen LogP contribution < -0.4 is 5.32 Å². The number of nitrogens with one attached hydrogen (secondary N) is 1. The van der Waals surface area contributed by atoms with Gasteiger partial charge in [0.1, 0.15) is 54.9 Å². The number of amides is 1. The van der Waals surface area contributed by atoms with Crippen molar-refractivity contribution in [2.75, 3.05) is 34.0 Å². The number of rotatable bonds is 15. The van der Waals surface area contributed by atoms with Crippen LogP contribution in [0.1, 0.15) is 71.1 Å². The number of aliphatic hydroxyl groups excluding tert-OH is 6. The van der Waals surface area contributed by atoms with Crippen LogP contribution in [0.25, 0.3) is 0 Å². The van der Waals surface area contributed by atoms with Crippen molar-refractivity contribution in [2.24, 2.45) is 11.8 Å². The van der Waals surface area contributed by atoms with Gasteiger partial charge in [0.05, 0.1) is 31.0 Å². The zero-order valence-corrected chi connectivity index (χ0v) is 31.3. The molecule has 17 unspecified atom stereocenters. The number of carboxylic acid groups (broad SMARTS) is 1. The van der Waals surface area contributed by atoms with Crippen LogP contribution in [0.4, 0.5) is 0 Å². The first-order chi connectivity index (χ1) is 25.9. The van der Waals surface area contributed by atoms with Crippen molar-refractivity contribution >= 4 is 11.9 Å². The van der Waals surface area contributed by atoms with E-state index in [1.54, 1.807) is 14.2 Å². The van der Waals surface area contributed by atoms with Crippen molar-refractivity contribution in [3.63, 3.8) is 0 Å². The molecule has 3 saturated heterocycles. The summed E-state index contributed by atoms with van der Waals surface area (Å²) in [5.74, 6) is -1.75. The molecule has 2 saturated carbocycles. The minimum Gasteiger partial charge on any atom is -0.479 e. The zero-order valence-electron chi connectivity index (χ0n) is 31.3. The Balaban J connectivity index is 1.32. The molecule has 2 aliphatic carbocycles. The summed E-state index contributed by atoms with van der Waals surface area (Å²) in [4.78, 5) is 25.7. The van der Waals surface area contributed by atoms with E-state index in [0.29, 0.717) is 19.3 Å². The van der Waals surface area contributed by atoms with Gasteiger partial charge in [0.25, 0.3) is 0 Å². The van der Waals surface area contributed by atoms with Gasteiger partial charge in [-0.1, -0.05) is 32.1 Å². The quantitative estimate of drug-likeness (QED) is 0.0947. The van der Waals surface area contributed by atoms with Crippen LogP contribution in [-0.2, 0) is 47.5 Å². The Morgan fingerprint density at radius 3 is 2.13 bits per heavy atom. The van der Waals surface area contributed by atoms with Gasteiger partial charge in [-0.3, -0.25) is 4.79 Å². The van der Waals surface area contributed by atoms with Crippen molar-refractivity contribution < 1.29 is 83.2 Å². The van der Waals surface area contributed by atoms with Crippen LogP contribution in [0.5, 0.6) is 0 Å². The Morgan fingerprint density at radius 2 is 1.46 bits per heavy atom. The highest BCUT2D eigenvalue weighted by molar-refractivity contribution is 5.78. The minimum atomic E-state index is -1.72. The molecule has 3 heterocycles. The lowest BCUT2D eigenvalue weighted by Crippen LogP contribution is -2.64. The standard InChI is InChI=1S/C36H61NO17/c1-17-26(39)28(41)29(42)35(50-17)54-31-21(11-12-49-24(31)15-37-33(44)19-9-10-20(47-2)22(14-19)48-3)52-36-30(43)32(27(40)25(16-38)53-36)51-23(34(45)46)13-18-7-5-4-6-8-18/h17-32,35-36,38-43H,4-16H2,1-3H3,(H,37,44)(H,45,46). The topological polar surface area (TPSA) is 262 Å². The van der Waals surface area contributed by atoms with Crippen molar-refractivity contribution in [1.29, 1.82) is 0 Å². The molecule has 18 nitrogen and oxygen atoms in total. The smallest absolute Gasteiger partial charge is 0.332 e. The number of ether oxygens (including phenoxy) is 8. The third-order valence-electron chi connectivity index (χ3n) is 11.8. The predicted molar refractivity (Wildman–Crippen MR) is 184 cm³/mol. The fourth-order valence-electron chi connectivity index (χ4n) is 8.44. The van der Waals surface area contributed by atoms with Gasteiger partial charge >= 0.3 is 5.97 Å². The lowest BCUT2D eigenvalue weighted by molar-refractivity contribution is -0.355. The summed E-state index contributed by atoms with van der Waals surface area (Å²) >= 11 is 0. The number of aliphatic carboxylic acids is 1. The summed E-state index contributed by atoms with van der Waals surface area (Å²) in [6.07, 6.45) is -12.9. The van der Waals surface area contributed by atoms with Crippen LogP contribution in [0, 0.1) is 11.8 Å². The van der Waals surface area contributed by atoms with Gasteiger partial charge in [0.15, 0.2) is 18.7 Å². The summed E-state index contributed by atoms with van der Waals surface area (Å²) < 4.78 is 47.1. The average Bonchev–Trinajstić information content (AvgIpc) is 3.17. The molecular formula is C36H61NO17. The summed E-state index contributed by atoms with van der Waals surface area (Å²) in [7, 11) is 3.17. The summed E-state index contributed by atoms with van der Waals surface area (Å²) in [6.45, 7) is 0.815. The number of carbonyl (C=O) groups is 2. The second kappa shape index (κ2) is 20.2. The van der Waals surface area contributed by atoms with Gasteiger partial charge < -0.3 is 79.0 Å². The Labute approximate surface area is 315 Å². The highest BCUT2D eigenvalue weighted by Gasteiger charge is 2.51. The predicted octanol–water partition coefficient (Wildman–Crippen LogP) is -1.43. The van der Waals surface area contributed by atoms with Gasteiger partial charge in [0, 0.05) is 33.3 Å². The van der Waals surface area contributed by atoms with Gasteiger partial charge in [-0.15, -0.1) is 0 Å². The molecule has 0 aromatic rings. The van der Waals surface area contributed by atoms with Gasteiger partial charge in [-0.25, -0.2) is 4.79 Å². The third-order valence-corrected chi connectivity index (χ3v) is 11.8. The molecule has 5 rings (SSSR count). The molecule has 312 valence electrons. The van der Waals surface area contributed by atoms with Crippen LogP contribution in [0.3, 0.4) is 0 Å². The molecule has 5 aliphatic rings. The van der Waals surface area contributed by atoms with Crippen molar-refractivity contribution in [1.82, 2.24) is 5.32 Å². The Kier molecular flexibility index (Phi) is 16.3.